The first-order chi connectivity index (χ1) is 5.86. The molecule has 1 aromatic heterocycles. The van der Waals surface area contributed by atoms with E-state index in [4.69, 9.17) is 5.73 Å². The van der Waals surface area contributed by atoms with Crippen LogP contribution in [0, 0.1) is 0 Å². The number of nitrogen functional groups attached to an aromatic ring is 1. The lowest BCUT2D eigenvalue weighted by atomic mass is 10.2. The number of anilines is 1. The molecule has 0 radical (unpaired) electrons. The lowest BCUT2D eigenvalue weighted by molar-refractivity contribution is 0.687. The highest BCUT2D eigenvalue weighted by Gasteiger charge is 2.20. The number of nitrogens with two attached hydrogens (primary N) is 1. The molecule has 0 atom stereocenters. The zero-order valence-electron chi connectivity index (χ0n) is 6.96. The van der Waals surface area contributed by atoms with Gasteiger partial charge in [0.05, 0.1) is 0 Å². The van der Waals surface area contributed by atoms with Crippen LogP contribution in [0.4, 0.5) is 5.69 Å². The van der Waals surface area contributed by atoms with Crippen LogP contribution in [-0.4, -0.2) is 11.0 Å². The van der Waals surface area contributed by atoms with E-state index in [1.807, 2.05) is 12.3 Å². The van der Waals surface area contributed by atoms with Gasteiger partial charge in [-0.25, -0.2) is 0 Å². The van der Waals surface area contributed by atoms with Crippen molar-refractivity contribution in [2.75, 3.05) is 5.73 Å². The van der Waals surface area contributed by atoms with Crippen molar-refractivity contribution in [2.24, 2.45) is 0 Å². The number of rotatable bonds is 3. The third-order valence-electron chi connectivity index (χ3n) is 2.10. The molecule has 12 heavy (non-hydrogen) atoms. The minimum Gasteiger partial charge on any atom is -0.398 e. The van der Waals surface area contributed by atoms with Gasteiger partial charge in [0.15, 0.2) is 0 Å². The number of pyridine rings is 1. The molecule has 1 heterocycles. The third-order valence-corrected chi connectivity index (χ3v) is 2.10. The first kappa shape index (κ1) is 7.55. The SMILES string of the molecule is Nc1ccncc1CNC1CC1. The van der Waals surface area contributed by atoms with E-state index in [1.165, 1.54) is 12.8 Å². The number of nitrogens with zero attached hydrogens (tertiary/aromatic N) is 1. The summed E-state index contributed by atoms with van der Waals surface area (Å²) in [6.45, 7) is 0.852. The first-order valence-electron chi connectivity index (χ1n) is 4.28. The minimum atomic E-state index is 0.726. The van der Waals surface area contributed by atoms with Crippen LogP contribution in [0.2, 0.25) is 0 Å². The summed E-state index contributed by atoms with van der Waals surface area (Å²) in [6, 6.07) is 2.56. The van der Waals surface area contributed by atoms with Gasteiger partial charge in [0.2, 0.25) is 0 Å². The van der Waals surface area contributed by atoms with Crippen LogP contribution in [-0.2, 0) is 6.54 Å². The second-order valence-electron chi connectivity index (χ2n) is 3.23. The lowest BCUT2D eigenvalue weighted by Gasteiger charge is -2.04. The average molecular weight is 163 g/mol. The van der Waals surface area contributed by atoms with E-state index < -0.39 is 0 Å². The number of hydrogen-bond donors (Lipinski definition) is 2. The second-order valence-corrected chi connectivity index (χ2v) is 3.23. The Hall–Kier alpha value is -1.09. The van der Waals surface area contributed by atoms with Gasteiger partial charge in [-0.15, -0.1) is 0 Å². The van der Waals surface area contributed by atoms with E-state index in [9.17, 15) is 0 Å². The van der Waals surface area contributed by atoms with Crippen molar-refractivity contribution >= 4 is 5.69 Å². The Morgan fingerprint density at radius 2 is 2.42 bits per heavy atom. The fourth-order valence-electron chi connectivity index (χ4n) is 1.13. The van der Waals surface area contributed by atoms with Crippen LogP contribution < -0.4 is 11.1 Å². The zero-order chi connectivity index (χ0) is 8.39. The van der Waals surface area contributed by atoms with Gasteiger partial charge in [0.1, 0.15) is 0 Å². The molecule has 64 valence electrons. The molecule has 0 spiro atoms. The minimum absolute atomic E-state index is 0.726. The van der Waals surface area contributed by atoms with Gasteiger partial charge in [-0.05, 0) is 18.9 Å². The van der Waals surface area contributed by atoms with Crippen molar-refractivity contribution in [3.05, 3.63) is 24.0 Å². The standard InChI is InChI=1S/C9H13N3/c10-9-3-4-11-5-7(9)6-12-8-1-2-8/h3-5,8,12H,1-2,6H2,(H2,10,11). The molecule has 0 saturated heterocycles. The van der Waals surface area contributed by atoms with Gasteiger partial charge >= 0.3 is 0 Å². The van der Waals surface area contributed by atoms with Gasteiger partial charge in [-0.2, -0.15) is 0 Å². The highest BCUT2D eigenvalue weighted by molar-refractivity contribution is 5.44. The molecular formula is C9H13N3. The zero-order valence-corrected chi connectivity index (χ0v) is 6.96. The van der Waals surface area contributed by atoms with E-state index in [1.54, 1.807) is 6.20 Å². The summed E-state index contributed by atoms with van der Waals surface area (Å²) in [5.74, 6) is 0. The molecule has 0 unspecified atom stereocenters. The third kappa shape index (κ3) is 1.74. The summed E-state index contributed by atoms with van der Waals surface area (Å²) < 4.78 is 0. The fraction of sp³-hybridized carbons (Fsp3) is 0.444. The second kappa shape index (κ2) is 3.11. The molecule has 1 saturated carbocycles. The van der Waals surface area contributed by atoms with E-state index in [2.05, 4.69) is 10.3 Å². The smallest absolute Gasteiger partial charge is 0.0390 e. The molecule has 3 heteroatoms. The summed E-state index contributed by atoms with van der Waals surface area (Å²) in [6.07, 6.45) is 6.15. The van der Waals surface area contributed by atoms with Gasteiger partial charge in [-0.3, -0.25) is 4.98 Å². The van der Waals surface area contributed by atoms with Crippen LogP contribution >= 0.6 is 0 Å². The Morgan fingerprint density at radius 1 is 1.58 bits per heavy atom. The summed E-state index contributed by atoms with van der Waals surface area (Å²) in [7, 11) is 0. The Morgan fingerprint density at radius 3 is 3.08 bits per heavy atom. The van der Waals surface area contributed by atoms with Crippen molar-refractivity contribution < 1.29 is 0 Å². The van der Waals surface area contributed by atoms with E-state index >= 15 is 0 Å². The van der Waals surface area contributed by atoms with Crippen molar-refractivity contribution in [2.45, 2.75) is 25.4 Å². The van der Waals surface area contributed by atoms with Crippen molar-refractivity contribution in [3.8, 4) is 0 Å². The van der Waals surface area contributed by atoms with Crippen LogP contribution in [0.5, 0.6) is 0 Å². The lowest BCUT2D eigenvalue weighted by Crippen LogP contribution is -2.16. The highest BCUT2D eigenvalue weighted by Crippen LogP contribution is 2.19. The number of aromatic nitrogens is 1. The van der Waals surface area contributed by atoms with Gasteiger partial charge < -0.3 is 11.1 Å². The van der Waals surface area contributed by atoms with Crippen LogP contribution in [0.1, 0.15) is 18.4 Å². The Labute approximate surface area is 72.0 Å². The summed E-state index contributed by atoms with van der Waals surface area (Å²) in [5, 5.41) is 3.39. The van der Waals surface area contributed by atoms with Crippen molar-refractivity contribution in [1.82, 2.24) is 10.3 Å². The Kier molecular flexibility index (Phi) is 1.96. The van der Waals surface area contributed by atoms with Crippen molar-refractivity contribution in [3.63, 3.8) is 0 Å². The number of nitrogens with one attached hydrogen (secondary N) is 1. The first-order valence-corrected chi connectivity index (χ1v) is 4.28. The molecule has 0 amide bonds. The summed E-state index contributed by atoms with van der Waals surface area (Å²) in [4.78, 5) is 4.02. The van der Waals surface area contributed by atoms with E-state index in [0.29, 0.717) is 0 Å². The quantitative estimate of drug-likeness (QED) is 0.696. The van der Waals surface area contributed by atoms with Gasteiger partial charge in [0, 0.05) is 36.2 Å². The molecule has 1 fully saturated rings. The molecular weight excluding hydrogens is 150 g/mol. The van der Waals surface area contributed by atoms with Crippen LogP contribution in [0.3, 0.4) is 0 Å². The summed E-state index contributed by atoms with van der Waals surface area (Å²) in [5.41, 5.74) is 7.68. The van der Waals surface area contributed by atoms with Gasteiger partial charge in [0.25, 0.3) is 0 Å². The topological polar surface area (TPSA) is 50.9 Å². The largest absolute Gasteiger partial charge is 0.398 e. The fourth-order valence-corrected chi connectivity index (χ4v) is 1.13. The highest BCUT2D eigenvalue weighted by atomic mass is 14.9. The molecule has 0 aliphatic heterocycles. The molecule has 2 rings (SSSR count). The Balaban J connectivity index is 1.96. The maximum absolute atomic E-state index is 5.75. The average Bonchev–Trinajstić information content (AvgIpc) is 2.86. The van der Waals surface area contributed by atoms with Crippen LogP contribution in [0.15, 0.2) is 18.5 Å². The maximum atomic E-state index is 5.75. The molecule has 0 bridgehead atoms. The number of hydrogen-bond acceptors (Lipinski definition) is 3. The van der Waals surface area contributed by atoms with Gasteiger partial charge in [-0.1, -0.05) is 0 Å². The predicted molar refractivity (Wildman–Crippen MR) is 48.5 cm³/mol. The molecule has 1 aromatic rings. The predicted octanol–water partition coefficient (Wildman–Crippen LogP) is 0.916. The molecule has 1 aliphatic carbocycles. The van der Waals surface area contributed by atoms with Crippen LogP contribution in [0.25, 0.3) is 0 Å². The Bertz CT molecular complexity index is 268. The molecule has 3 nitrogen and oxygen atoms in total. The van der Waals surface area contributed by atoms with E-state index in [-0.39, 0.29) is 0 Å². The molecule has 3 N–H and O–H groups in total. The normalized spacial score (nSPS) is 16.3. The maximum Gasteiger partial charge on any atom is 0.0390 e. The summed E-state index contributed by atoms with van der Waals surface area (Å²) >= 11 is 0. The molecule has 0 aromatic carbocycles. The monoisotopic (exact) mass is 163 g/mol. The van der Waals surface area contributed by atoms with E-state index in [0.717, 1.165) is 23.8 Å². The van der Waals surface area contributed by atoms with Crippen molar-refractivity contribution in [1.29, 1.82) is 0 Å². The molecule has 1 aliphatic rings.